The molecule has 0 aliphatic heterocycles. The van der Waals surface area contributed by atoms with Crippen molar-refractivity contribution in [2.45, 2.75) is 13.1 Å². The van der Waals surface area contributed by atoms with Crippen molar-refractivity contribution in [2.75, 3.05) is 7.11 Å². The first-order valence-electron chi connectivity index (χ1n) is 5.01. The largest absolute Gasteiger partial charge is 0.480 e. The molecule has 0 amide bonds. The zero-order valence-corrected chi connectivity index (χ0v) is 10.6. The molecule has 0 saturated heterocycles. The van der Waals surface area contributed by atoms with Crippen LogP contribution in [0.25, 0.3) is 10.8 Å². The van der Waals surface area contributed by atoms with Gasteiger partial charge < -0.3 is 9.72 Å². The van der Waals surface area contributed by atoms with Crippen LogP contribution in [0.4, 0.5) is 13.2 Å². The van der Waals surface area contributed by atoms with E-state index >= 15 is 0 Å². The van der Waals surface area contributed by atoms with Gasteiger partial charge in [0.1, 0.15) is 0 Å². The molecule has 0 spiro atoms. The van der Waals surface area contributed by atoms with Gasteiger partial charge in [-0.3, -0.25) is 4.79 Å². The van der Waals surface area contributed by atoms with E-state index < -0.39 is 23.2 Å². The monoisotopic (exact) mass is 291 g/mol. The lowest BCUT2D eigenvalue weighted by Gasteiger charge is -2.10. The fourth-order valence-corrected chi connectivity index (χ4v) is 2.15. The SMILES string of the molecule is COc1nc(-c2nc(C)cs2)[nH]c(=O)c1C(F)(F)F. The average Bonchev–Trinajstić information content (AvgIpc) is 2.73. The third-order valence-corrected chi connectivity index (χ3v) is 3.15. The number of ether oxygens (including phenoxy) is 1. The Kier molecular flexibility index (Phi) is 3.31. The highest BCUT2D eigenvalue weighted by Gasteiger charge is 2.39. The van der Waals surface area contributed by atoms with Crippen molar-refractivity contribution < 1.29 is 17.9 Å². The Morgan fingerprint density at radius 2 is 2.05 bits per heavy atom. The van der Waals surface area contributed by atoms with E-state index in [-0.39, 0.29) is 5.82 Å². The quantitative estimate of drug-likeness (QED) is 0.921. The van der Waals surface area contributed by atoms with Crippen molar-refractivity contribution in [3.63, 3.8) is 0 Å². The van der Waals surface area contributed by atoms with Crippen molar-refractivity contribution in [3.05, 3.63) is 27.0 Å². The van der Waals surface area contributed by atoms with Crippen LogP contribution in [0.5, 0.6) is 5.88 Å². The molecule has 2 aromatic heterocycles. The van der Waals surface area contributed by atoms with Gasteiger partial charge in [-0.05, 0) is 6.92 Å². The second kappa shape index (κ2) is 4.65. The van der Waals surface area contributed by atoms with Crippen molar-refractivity contribution in [1.82, 2.24) is 15.0 Å². The number of aromatic amines is 1. The molecule has 0 aromatic carbocycles. The third-order valence-electron chi connectivity index (χ3n) is 2.18. The highest BCUT2D eigenvalue weighted by Crippen LogP contribution is 2.33. The molecule has 0 atom stereocenters. The van der Waals surface area contributed by atoms with Crippen LogP contribution in [0.3, 0.4) is 0 Å². The summed E-state index contributed by atoms with van der Waals surface area (Å²) in [4.78, 5) is 21.3. The van der Waals surface area contributed by atoms with Crippen LogP contribution < -0.4 is 10.3 Å². The molecule has 0 bridgehead atoms. The number of nitrogens with zero attached hydrogens (tertiary/aromatic N) is 2. The Morgan fingerprint density at radius 1 is 1.37 bits per heavy atom. The van der Waals surface area contributed by atoms with Gasteiger partial charge in [0.15, 0.2) is 16.4 Å². The number of aromatic nitrogens is 3. The fourth-order valence-electron chi connectivity index (χ4n) is 1.41. The second-order valence-electron chi connectivity index (χ2n) is 3.59. The Balaban J connectivity index is 2.63. The number of rotatable bonds is 2. The van der Waals surface area contributed by atoms with E-state index in [4.69, 9.17) is 0 Å². The van der Waals surface area contributed by atoms with Gasteiger partial charge in [-0.1, -0.05) is 0 Å². The third kappa shape index (κ3) is 2.60. The Hall–Kier alpha value is -1.90. The lowest BCUT2D eigenvalue weighted by atomic mass is 10.3. The van der Waals surface area contributed by atoms with Crippen LogP contribution in [-0.4, -0.2) is 22.1 Å². The number of halogens is 3. The smallest absolute Gasteiger partial charge is 0.426 e. The standard InChI is InChI=1S/C10H8F3N3O2S/c1-4-3-19-9(14-4)6-15-7(17)5(10(11,12)13)8(16-6)18-2/h3H,1-2H3,(H,15,16,17). The van der Waals surface area contributed by atoms with E-state index in [0.29, 0.717) is 10.7 Å². The van der Waals surface area contributed by atoms with Gasteiger partial charge >= 0.3 is 6.18 Å². The van der Waals surface area contributed by atoms with Gasteiger partial charge in [0, 0.05) is 11.1 Å². The molecule has 0 aliphatic rings. The summed E-state index contributed by atoms with van der Waals surface area (Å²) in [5.74, 6) is -0.813. The molecule has 19 heavy (non-hydrogen) atoms. The maximum absolute atomic E-state index is 12.7. The molecule has 0 aliphatic carbocycles. The molecule has 2 heterocycles. The highest BCUT2D eigenvalue weighted by molar-refractivity contribution is 7.13. The summed E-state index contributed by atoms with van der Waals surface area (Å²) in [6, 6.07) is 0. The van der Waals surface area contributed by atoms with Crippen molar-refractivity contribution in [3.8, 4) is 16.7 Å². The first-order valence-corrected chi connectivity index (χ1v) is 5.89. The van der Waals surface area contributed by atoms with Gasteiger partial charge in [-0.25, -0.2) is 4.98 Å². The van der Waals surface area contributed by atoms with E-state index in [0.717, 1.165) is 18.4 Å². The summed E-state index contributed by atoms with van der Waals surface area (Å²) in [5, 5.41) is 2.01. The Morgan fingerprint density at radius 3 is 2.53 bits per heavy atom. The molecular weight excluding hydrogens is 283 g/mol. The number of hydrogen-bond donors (Lipinski definition) is 1. The van der Waals surface area contributed by atoms with E-state index in [2.05, 4.69) is 19.7 Å². The summed E-state index contributed by atoms with van der Waals surface area (Å²) in [7, 11) is 1.02. The normalized spacial score (nSPS) is 11.6. The summed E-state index contributed by atoms with van der Waals surface area (Å²) in [6.45, 7) is 1.72. The highest BCUT2D eigenvalue weighted by atomic mass is 32.1. The van der Waals surface area contributed by atoms with E-state index in [1.54, 1.807) is 12.3 Å². The minimum Gasteiger partial charge on any atom is -0.480 e. The minimum absolute atomic E-state index is 0.0482. The summed E-state index contributed by atoms with van der Waals surface area (Å²) >= 11 is 1.16. The number of thiazole rings is 1. The molecule has 2 rings (SSSR count). The first-order chi connectivity index (χ1) is 8.82. The summed E-state index contributed by atoms with van der Waals surface area (Å²) in [5.41, 5.74) is -2.07. The molecule has 2 aromatic rings. The first kappa shape index (κ1) is 13.5. The summed E-state index contributed by atoms with van der Waals surface area (Å²) < 4.78 is 42.6. The van der Waals surface area contributed by atoms with Gasteiger partial charge in [0.05, 0.1) is 7.11 Å². The molecule has 0 fully saturated rings. The van der Waals surface area contributed by atoms with Crippen LogP contribution in [-0.2, 0) is 6.18 Å². The minimum atomic E-state index is -4.83. The zero-order valence-electron chi connectivity index (χ0n) is 9.83. The van der Waals surface area contributed by atoms with Crippen LogP contribution in [0.15, 0.2) is 10.2 Å². The lowest BCUT2D eigenvalue weighted by Crippen LogP contribution is -2.24. The maximum atomic E-state index is 12.7. The molecule has 102 valence electrons. The van der Waals surface area contributed by atoms with Gasteiger partial charge in [-0.15, -0.1) is 11.3 Å². The van der Waals surface area contributed by atoms with Gasteiger partial charge in [0.25, 0.3) is 5.56 Å². The predicted octanol–water partition coefficient (Wildman–Crippen LogP) is 2.23. The number of H-pyrrole nitrogens is 1. The van der Waals surface area contributed by atoms with Crippen molar-refractivity contribution in [1.29, 1.82) is 0 Å². The fraction of sp³-hybridized carbons (Fsp3) is 0.300. The molecule has 0 saturated carbocycles. The summed E-state index contributed by atoms with van der Waals surface area (Å²) in [6.07, 6.45) is -4.83. The zero-order chi connectivity index (χ0) is 14.2. The molecular formula is C10H8F3N3O2S. The predicted molar refractivity (Wildman–Crippen MR) is 62.3 cm³/mol. The van der Waals surface area contributed by atoms with Crippen LogP contribution >= 0.6 is 11.3 Å². The number of hydrogen-bond acceptors (Lipinski definition) is 5. The molecule has 0 unspecified atom stereocenters. The Labute approximate surface area is 109 Å². The van der Waals surface area contributed by atoms with Crippen LogP contribution in [0.1, 0.15) is 11.3 Å². The van der Waals surface area contributed by atoms with Crippen molar-refractivity contribution in [2.24, 2.45) is 0 Å². The van der Waals surface area contributed by atoms with Crippen molar-refractivity contribution >= 4 is 11.3 Å². The molecule has 5 nitrogen and oxygen atoms in total. The number of aryl methyl sites for hydroxylation is 1. The lowest BCUT2D eigenvalue weighted by molar-refractivity contribution is -0.140. The van der Waals surface area contributed by atoms with Gasteiger partial charge in [-0.2, -0.15) is 18.2 Å². The molecule has 9 heteroatoms. The average molecular weight is 291 g/mol. The topological polar surface area (TPSA) is 67.9 Å². The van der Waals surface area contributed by atoms with E-state index in [1.165, 1.54) is 0 Å². The number of alkyl halides is 3. The van der Waals surface area contributed by atoms with Crippen LogP contribution in [0, 0.1) is 6.92 Å². The maximum Gasteiger partial charge on any atom is 0.426 e. The van der Waals surface area contributed by atoms with Crippen LogP contribution in [0.2, 0.25) is 0 Å². The van der Waals surface area contributed by atoms with E-state index in [9.17, 15) is 18.0 Å². The Bertz CT molecular complexity index is 663. The number of methoxy groups -OCH3 is 1. The second-order valence-corrected chi connectivity index (χ2v) is 4.45. The molecule has 1 N–H and O–H groups in total. The van der Waals surface area contributed by atoms with Gasteiger partial charge in [0.2, 0.25) is 5.88 Å². The number of nitrogens with one attached hydrogen (secondary N) is 1. The molecule has 0 radical (unpaired) electrons. The van der Waals surface area contributed by atoms with E-state index in [1.807, 2.05) is 0 Å².